The van der Waals surface area contributed by atoms with Crippen molar-refractivity contribution < 1.29 is 14.6 Å². The third-order valence-corrected chi connectivity index (χ3v) is 5.73. The van der Waals surface area contributed by atoms with E-state index in [2.05, 4.69) is 29.6 Å². The highest BCUT2D eigenvalue weighted by Crippen LogP contribution is 2.44. The molecule has 1 aliphatic carbocycles. The van der Waals surface area contributed by atoms with Crippen LogP contribution in [0.25, 0.3) is 11.1 Å². The van der Waals surface area contributed by atoms with E-state index >= 15 is 0 Å². The summed E-state index contributed by atoms with van der Waals surface area (Å²) in [6.45, 7) is 2.49. The van der Waals surface area contributed by atoms with Gasteiger partial charge in [-0.2, -0.15) is 0 Å². The van der Waals surface area contributed by atoms with Crippen LogP contribution in [0.3, 0.4) is 0 Å². The Kier molecular flexibility index (Phi) is 6.15. The van der Waals surface area contributed by atoms with E-state index in [4.69, 9.17) is 4.74 Å². The number of hydrogen-bond acceptors (Lipinski definition) is 3. The molecule has 30 heavy (non-hydrogen) atoms. The van der Waals surface area contributed by atoms with Crippen molar-refractivity contribution in [2.75, 3.05) is 13.2 Å². The van der Waals surface area contributed by atoms with Gasteiger partial charge in [0.05, 0.1) is 6.10 Å². The molecule has 2 N–H and O–H groups in total. The van der Waals surface area contributed by atoms with Crippen molar-refractivity contribution in [3.63, 3.8) is 0 Å². The highest BCUT2D eigenvalue weighted by molar-refractivity contribution is 5.79. The molecular formula is C26H27NO3. The van der Waals surface area contributed by atoms with Crippen LogP contribution < -0.4 is 5.32 Å². The average molecular weight is 402 g/mol. The van der Waals surface area contributed by atoms with E-state index in [0.717, 1.165) is 5.56 Å². The molecule has 4 nitrogen and oxygen atoms in total. The third-order valence-electron chi connectivity index (χ3n) is 5.73. The summed E-state index contributed by atoms with van der Waals surface area (Å²) >= 11 is 0. The van der Waals surface area contributed by atoms with Gasteiger partial charge in [0.15, 0.2) is 0 Å². The lowest BCUT2D eigenvalue weighted by atomic mass is 9.93. The maximum Gasteiger partial charge on any atom is 0.407 e. The van der Waals surface area contributed by atoms with Crippen LogP contribution in [-0.2, 0) is 4.74 Å². The summed E-state index contributed by atoms with van der Waals surface area (Å²) < 4.78 is 5.62. The maximum absolute atomic E-state index is 12.4. The molecule has 3 aromatic carbocycles. The summed E-state index contributed by atoms with van der Waals surface area (Å²) in [4.78, 5) is 12.4. The Balaban J connectivity index is 1.39. The van der Waals surface area contributed by atoms with Crippen molar-refractivity contribution in [2.24, 2.45) is 0 Å². The summed E-state index contributed by atoms with van der Waals surface area (Å²) in [7, 11) is 0. The standard InChI is InChI=1S/C26H27NO3/c1-18(28)15-20(19-9-3-2-4-10-19)16-27-26(29)30-17-25-23-13-7-5-11-21(23)22-12-6-8-14-24(22)25/h2-14,18,20,25,28H,15-17H2,1H3,(H,27,29). The Labute approximate surface area is 177 Å². The fraction of sp³-hybridized carbons (Fsp3) is 0.269. The highest BCUT2D eigenvalue weighted by Gasteiger charge is 2.29. The number of aliphatic hydroxyl groups is 1. The smallest absolute Gasteiger partial charge is 0.407 e. The van der Waals surface area contributed by atoms with Gasteiger partial charge in [0, 0.05) is 18.4 Å². The number of rotatable bonds is 7. The molecule has 0 saturated carbocycles. The number of ether oxygens (including phenoxy) is 1. The lowest BCUT2D eigenvalue weighted by Gasteiger charge is -2.20. The second kappa shape index (κ2) is 9.14. The van der Waals surface area contributed by atoms with Crippen molar-refractivity contribution in [1.29, 1.82) is 0 Å². The summed E-state index contributed by atoms with van der Waals surface area (Å²) in [6.07, 6.45) is -0.295. The summed E-state index contributed by atoms with van der Waals surface area (Å²) in [6, 6.07) is 26.5. The molecule has 4 heteroatoms. The van der Waals surface area contributed by atoms with Gasteiger partial charge in [0.25, 0.3) is 0 Å². The molecule has 0 bridgehead atoms. The number of hydrogen-bond donors (Lipinski definition) is 2. The minimum Gasteiger partial charge on any atom is -0.449 e. The molecule has 1 aliphatic rings. The lowest BCUT2D eigenvalue weighted by molar-refractivity contribution is 0.139. The number of amides is 1. The first-order chi connectivity index (χ1) is 14.6. The average Bonchev–Trinajstić information content (AvgIpc) is 3.09. The van der Waals surface area contributed by atoms with Crippen LogP contribution in [0, 0.1) is 0 Å². The Bertz CT molecular complexity index is 954. The van der Waals surface area contributed by atoms with Gasteiger partial charge in [0.1, 0.15) is 6.61 Å². The van der Waals surface area contributed by atoms with E-state index < -0.39 is 12.2 Å². The molecule has 2 atom stereocenters. The normalized spacial score (nSPS) is 14.5. The van der Waals surface area contributed by atoms with Crippen molar-refractivity contribution in [1.82, 2.24) is 5.32 Å². The van der Waals surface area contributed by atoms with Gasteiger partial charge in [0.2, 0.25) is 0 Å². The van der Waals surface area contributed by atoms with Crippen molar-refractivity contribution in [3.8, 4) is 11.1 Å². The van der Waals surface area contributed by atoms with E-state index in [-0.39, 0.29) is 11.8 Å². The minimum absolute atomic E-state index is 0.0340. The molecule has 3 aromatic rings. The van der Waals surface area contributed by atoms with Crippen molar-refractivity contribution in [3.05, 3.63) is 95.6 Å². The predicted molar refractivity (Wildman–Crippen MR) is 119 cm³/mol. The number of benzene rings is 3. The quantitative estimate of drug-likeness (QED) is 0.580. The van der Waals surface area contributed by atoms with Gasteiger partial charge in [-0.25, -0.2) is 4.79 Å². The topological polar surface area (TPSA) is 58.6 Å². The molecule has 0 aliphatic heterocycles. The molecule has 2 unspecified atom stereocenters. The molecule has 0 fully saturated rings. The minimum atomic E-state index is -0.445. The van der Waals surface area contributed by atoms with Gasteiger partial charge in [-0.15, -0.1) is 0 Å². The van der Waals surface area contributed by atoms with E-state index in [1.165, 1.54) is 22.3 Å². The number of carbonyl (C=O) groups is 1. The van der Waals surface area contributed by atoms with Crippen molar-refractivity contribution >= 4 is 6.09 Å². The highest BCUT2D eigenvalue weighted by atomic mass is 16.5. The zero-order chi connectivity index (χ0) is 20.9. The molecule has 154 valence electrons. The second-order valence-electron chi connectivity index (χ2n) is 7.90. The van der Waals surface area contributed by atoms with Crippen molar-refractivity contribution in [2.45, 2.75) is 31.3 Å². The third kappa shape index (κ3) is 4.39. The SMILES string of the molecule is CC(O)CC(CNC(=O)OCC1c2ccccc2-c2ccccc21)c1ccccc1. The fourth-order valence-corrected chi connectivity index (χ4v) is 4.33. The Morgan fingerprint density at radius 2 is 1.50 bits per heavy atom. The lowest BCUT2D eigenvalue weighted by Crippen LogP contribution is -2.31. The van der Waals surface area contributed by atoms with Crippen LogP contribution >= 0.6 is 0 Å². The number of fused-ring (bicyclic) bond motifs is 3. The van der Waals surface area contributed by atoms with Gasteiger partial charge in [-0.1, -0.05) is 78.9 Å². The summed E-state index contributed by atoms with van der Waals surface area (Å²) in [5.74, 6) is 0.0808. The molecule has 0 spiro atoms. The molecule has 0 saturated heterocycles. The molecule has 1 amide bonds. The van der Waals surface area contributed by atoms with Crippen LogP contribution in [0.1, 0.15) is 41.9 Å². The molecule has 4 rings (SSSR count). The Hall–Kier alpha value is -3.11. The fourth-order valence-electron chi connectivity index (χ4n) is 4.33. The van der Waals surface area contributed by atoms with E-state index in [9.17, 15) is 9.90 Å². The predicted octanol–water partition coefficient (Wildman–Crippen LogP) is 5.08. The second-order valence-corrected chi connectivity index (χ2v) is 7.90. The van der Waals surface area contributed by atoms with Gasteiger partial charge < -0.3 is 15.2 Å². The zero-order valence-electron chi connectivity index (χ0n) is 17.1. The van der Waals surface area contributed by atoms with Crippen LogP contribution in [-0.4, -0.2) is 30.5 Å². The molecule has 0 radical (unpaired) electrons. The Morgan fingerprint density at radius 3 is 2.10 bits per heavy atom. The van der Waals surface area contributed by atoms with Gasteiger partial charge >= 0.3 is 6.09 Å². The van der Waals surface area contributed by atoms with E-state index in [0.29, 0.717) is 19.6 Å². The van der Waals surface area contributed by atoms with E-state index in [1.807, 2.05) is 54.6 Å². The zero-order valence-corrected chi connectivity index (χ0v) is 17.1. The first-order valence-corrected chi connectivity index (χ1v) is 10.5. The van der Waals surface area contributed by atoms with Crippen LogP contribution in [0.4, 0.5) is 4.79 Å². The van der Waals surface area contributed by atoms with Crippen LogP contribution in [0.15, 0.2) is 78.9 Å². The summed E-state index contributed by atoms with van der Waals surface area (Å²) in [5.41, 5.74) is 5.91. The van der Waals surface area contributed by atoms with Crippen LogP contribution in [0.5, 0.6) is 0 Å². The van der Waals surface area contributed by atoms with E-state index in [1.54, 1.807) is 6.92 Å². The molecule has 0 aromatic heterocycles. The molecule has 0 heterocycles. The Morgan fingerprint density at radius 1 is 0.933 bits per heavy atom. The first kappa shape index (κ1) is 20.2. The van der Waals surface area contributed by atoms with Gasteiger partial charge in [-0.05, 0) is 41.2 Å². The number of carbonyl (C=O) groups excluding carboxylic acids is 1. The van der Waals surface area contributed by atoms with Gasteiger partial charge in [-0.3, -0.25) is 0 Å². The van der Waals surface area contributed by atoms with Crippen LogP contribution in [0.2, 0.25) is 0 Å². The molecular weight excluding hydrogens is 374 g/mol. The monoisotopic (exact) mass is 401 g/mol. The number of alkyl carbamates (subject to hydrolysis) is 1. The first-order valence-electron chi connectivity index (χ1n) is 10.5. The largest absolute Gasteiger partial charge is 0.449 e. The number of nitrogens with one attached hydrogen (secondary N) is 1. The summed E-state index contributed by atoms with van der Waals surface area (Å²) in [5, 5.41) is 12.7. The maximum atomic E-state index is 12.4. The number of aliphatic hydroxyl groups excluding tert-OH is 1.